The van der Waals surface area contributed by atoms with Crippen LogP contribution in [0, 0.1) is 17.3 Å². The molecule has 2 unspecified atom stereocenters. The van der Waals surface area contributed by atoms with Crippen molar-refractivity contribution in [3.8, 4) is 0 Å². The Hall–Kier alpha value is -1.72. The molecule has 2 aliphatic rings. The van der Waals surface area contributed by atoms with E-state index in [1.165, 1.54) is 7.11 Å². The normalized spacial score (nSPS) is 29.7. The van der Waals surface area contributed by atoms with E-state index in [9.17, 15) is 19.2 Å². The Kier molecular flexibility index (Phi) is 3.68. The lowest BCUT2D eigenvalue weighted by atomic mass is 9.62. The highest BCUT2D eigenvalue weighted by atomic mass is 16.6. The van der Waals surface area contributed by atoms with Crippen molar-refractivity contribution in [2.24, 2.45) is 17.3 Å². The van der Waals surface area contributed by atoms with Gasteiger partial charge in [0.05, 0.1) is 25.9 Å². The molecule has 2 fully saturated rings. The van der Waals surface area contributed by atoms with Gasteiger partial charge in [-0.15, -0.1) is 0 Å². The Morgan fingerprint density at radius 2 is 2.00 bits per heavy atom. The molecule has 0 amide bonds. The van der Waals surface area contributed by atoms with E-state index in [1.54, 1.807) is 0 Å². The summed E-state index contributed by atoms with van der Waals surface area (Å²) in [4.78, 5) is 45.6. The molecule has 2 atom stereocenters. The molecule has 0 aromatic rings. The fraction of sp³-hybridized carbons (Fsp3) is 0.692. The van der Waals surface area contributed by atoms with Crippen LogP contribution in [0.5, 0.6) is 0 Å². The molecule has 0 radical (unpaired) electrons. The van der Waals surface area contributed by atoms with Gasteiger partial charge in [0, 0.05) is 5.92 Å². The molecule has 0 bridgehead atoms. The first-order valence-electron chi connectivity index (χ1n) is 6.26. The van der Waals surface area contributed by atoms with E-state index in [4.69, 9.17) is 4.74 Å². The third-order valence-electron chi connectivity index (χ3n) is 4.12. The van der Waals surface area contributed by atoms with Gasteiger partial charge in [-0.1, -0.05) is 0 Å². The third kappa shape index (κ3) is 2.67. The maximum atomic E-state index is 11.7. The van der Waals surface area contributed by atoms with Gasteiger partial charge in [0.1, 0.15) is 6.29 Å². The van der Waals surface area contributed by atoms with Gasteiger partial charge in [-0.2, -0.15) is 0 Å². The summed E-state index contributed by atoms with van der Waals surface area (Å²) in [6, 6.07) is 0. The average Bonchev–Trinajstić information content (AvgIpc) is 2.36. The first kappa shape index (κ1) is 13.7. The van der Waals surface area contributed by atoms with Crippen molar-refractivity contribution in [2.45, 2.75) is 32.1 Å². The number of cyclic esters (lactones) is 2. The second-order valence-electron chi connectivity index (χ2n) is 5.37. The van der Waals surface area contributed by atoms with Crippen molar-refractivity contribution in [3.05, 3.63) is 0 Å². The van der Waals surface area contributed by atoms with Crippen LogP contribution >= 0.6 is 0 Å². The van der Waals surface area contributed by atoms with Crippen LogP contribution in [0.25, 0.3) is 0 Å². The summed E-state index contributed by atoms with van der Waals surface area (Å²) in [5.74, 6) is -2.53. The van der Waals surface area contributed by atoms with Crippen molar-refractivity contribution >= 4 is 24.2 Å². The van der Waals surface area contributed by atoms with Crippen molar-refractivity contribution in [2.75, 3.05) is 7.11 Å². The van der Waals surface area contributed by atoms with Gasteiger partial charge in [0.15, 0.2) is 0 Å². The molecule has 19 heavy (non-hydrogen) atoms. The summed E-state index contributed by atoms with van der Waals surface area (Å²) < 4.78 is 9.24. The maximum Gasteiger partial charge on any atom is 0.314 e. The van der Waals surface area contributed by atoms with Crippen LogP contribution in [0.3, 0.4) is 0 Å². The predicted octanol–water partition coefficient (Wildman–Crippen LogP) is 0.625. The maximum absolute atomic E-state index is 11.7. The number of hydrogen-bond acceptors (Lipinski definition) is 6. The molecule has 6 nitrogen and oxygen atoms in total. The summed E-state index contributed by atoms with van der Waals surface area (Å²) in [5, 5.41) is 0. The quantitative estimate of drug-likeness (QED) is 0.414. The Balaban J connectivity index is 2.20. The molecule has 2 rings (SSSR count). The minimum Gasteiger partial charge on any atom is -0.469 e. The van der Waals surface area contributed by atoms with E-state index in [-0.39, 0.29) is 12.8 Å². The molecule has 6 heteroatoms. The highest BCUT2D eigenvalue weighted by Crippen LogP contribution is 2.48. The smallest absolute Gasteiger partial charge is 0.314 e. The first-order valence-corrected chi connectivity index (χ1v) is 6.26. The van der Waals surface area contributed by atoms with Crippen molar-refractivity contribution in [1.29, 1.82) is 0 Å². The Labute approximate surface area is 110 Å². The van der Waals surface area contributed by atoms with Gasteiger partial charge in [-0.25, -0.2) is 0 Å². The van der Waals surface area contributed by atoms with E-state index in [1.807, 2.05) is 0 Å². The van der Waals surface area contributed by atoms with E-state index in [2.05, 4.69) is 4.74 Å². The summed E-state index contributed by atoms with van der Waals surface area (Å²) in [5.41, 5.74) is -0.551. The van der Waals surface area contributed by atoms with Crippen LogP contribution in [0.1, 0.15) is 32.1 Å². The number of aldehydes is 1. The Bertz CT molecular complexity index is 411. The highest BCUT2D eigenvalue weighted by Gasteiger charge is 2.49. The van der Waals surface area contributed by atoms with Crippen LogP contribution in [-0.4, -0.2) is 31.3 Å². The lowest BCUT2D eigenvalue weighted by molar-refractivity contribution is -0.174. The largest absolute Gasteiger partial charge is 0.469 e. The number of rotatable bonds is 2. The first-order chi connectivity index (χ1) is 8.99. The molecular weight excluding hydrogens is 252 g/mol. The Morgan fingerprint density at radius 3 is 2.53 bits per heavy atom. The summed E-state index contributed by atoms with van der Waals surface area (Å²) in [6.45, 7) is 0. The van der Waals surface area contributed by atoms with Gasteiger partial charge in [0.25, 0.3) is 0 Å². The topological polar surface area (TPSA) is 86.7 Å². The van der Waals surface area contributed by atoms with E-state index >= 15 is 0 Å². The summed E-state index contributed by atoms with van der Waals surface area (Å²) in [6.07, 6.45) is 2.39. The van der Waals surface area contributed by atoms with Crippen molar-refractivity contribution in [3.63, 3.8) is 0 Å². The zero-order chi connectivity index (χ0) is 14.0. The fourth-order valence-electron chi connectivity index (χ4n) is 3.16. The number of esters is 3. The van der Waals surface area contributed by atoms with E-state index in [0.717, 1.165) is 6.29 Å². The molecule has 0 N–H and O–H groups in total. The van der Waals surface area contributed by atoms with Gasteiger partial charge < -0.3 is 14.3 Å². The van der Waals surface area contributed by atoms with Gasteiger partial charge in [0.2, 0.25) is 0 Å². The zero-order valence-electron chi connectivity index (χ0n) is 10.7. The second-order valence-corrected chi connectivity index (χ2v) is 5.37. The molecule has 1 saturated carbocycles. The second kappa shape index (κ2) is 5.11. The number of carbonyl (C=O) groups excluding carboxylic acids is 4. The number of carbonyl (C=O) groups is 4. The van der Waals surface area contributed by atoms with Crippen LogP contribution in [0.4, 0.5) is 0 Å². The van der Waals surface area contributed by atoms with E-state index in [0.29, 0.717) is 19.3 Å². The molecule has 1 aliphatic heterocycles. The Morgan fingerprint density at radius 1 is 1.37 bits per heavy atom. The number of methoxy groups -OCH3 is 1. The molecule has 1 aliphatic carbocycles. The monoisotopic (exact) mass is 268 g/mol. The SMILES string of the molecule is COC(=O)C1CC2(CCC1C=O)CC(=O)OC(=O)C2. The van der Waals surface area contributed by atoms with Crippen LogP contribution in [0.2, 0.25) is 0 Å². The molecule has 104 valence electrons. The van der Waals surface area contributed by atoms with E-state index < -0.39 is 35.2 Å². The predicted molar refractivity (Wildman–Crippen MR) is 61.7 cm³/mol. The summed E-state index contributed by atoms with van der Waals surface area (Å²) in [7, 11) is 1.27. The standard InChI is InChI=1S/C13H16O6/c1-18-12(17)9-4-13(3-2-8(9)7-14)5-10(15)19-11(16)6-13/h7-9H,2-6H2,1H3. The van der Waals surface area contributed by atoms with Crippen molar-refractivity contribution in [1.82, 2.24) is 0 Å². The van der Waals surface area contributed by atoms with Gasteiger partial charge in [-0.05, 0) is 24.7 Å². The molecule has 0 aromatic heterocycles. The van der Waals surface area contributed by atoms with Gasteiger partial charge >= 0.3 is 17.9 Å². The van der Waals surface area contributed by atoms with Gasteiger partial charge in [-0.3, -0.25) is 14.4 Å². The van der Waals surface area contributed by atoms with Crippen molar-refractivity contribution < 1.29 is 28.7 Å². The highest BCUT2D eigenvalue weighted by molar-refractivity contribution is 5.89. The fourth-order valence-corrected chi connectivity index (χ4v) is 3.16. The van der Waals surface area contributed by atoms with Crippen LogP contribution in [0.15, 0.2) is 0 Å². The molecule has 1 heterocycles. The lowest BCUT2D eigenvalue weighted by Gasteiger charge is -2.42. The number of ether oxygens (including phenoxy) is 2. The van der Waals surface area contributed by atoms with Crippen LogP contribution in [-0.2, 0) is 28.7 Å². The molecule has 1 saturated heterocycles. The van der Waals surface area contributed by atoms with Crippen LogP contribution < -0.4 is 0 Å². The summed E-state index contributed by atoms with van der Waals surface area (Å²) >= 11 is 0. The third-order valence-corrected chi connectivity index (χ3v) is 4.12. The number of hydrogen-bond donors (Lipinski definition) is 0. The average molecular weight is 268 g/mol. The minimum atomic E-state index is -0.574. The lowest BCUT2D eigenvalue weighted by Crippen LogP contribution is -2.44. The molecular formula is C13H16O6. The minimum absolute atomic E-state index is 0.123. The molecule has 0 aromatic carbocycles. The molecule has 1 spiro atoms. The zero-order valence-corrected chi connectivity index (χ0v) is 10.7.